The van der Waals surface area contributed by atoms with Crippen molar-refractivity contribution in [2.24, 2.45) is 21.1 Å². The minimum Gasteiger partial charge on any atom is -0.493 e. The number of fused-ring (bicyclic) bond motifs is 3. The first-order chi connectivity index (χ1) is 15.1. The van der Waals surface area contributed by atoms with Gasteiger partial charge >= 0.3 is 5.91 Å². The SMILES string of the molecule is CC1(C)C[C@@H]2C[C@@](C)(C[NH+]2Cn2c(O)c(N=NC(=O)c3cccs3)c3cc(Br)ccc32)C1. The van der Waals surface area contributed by atoms with Gasteiger partial charge in [-0.15, -0.1) is 21.6 Å². The number of likely N-dealkylation sites (tertiary alicyclic amines) is 1. The van der Waals surface area contributed by atoms with E-state index in [1.165, 1.54) is 35.5 Å². The number of benzene rings is 1. The summed E-state index contributed by atoms with van der Waals surface area (Å²) in [6.45, 7) is 8.95. The van der Waals surface area contributed by atoms with E-state index in [1.54, 1.807) is 6.07 Å². The van der Waals surface area contributed by atoms with Crippen LogP contribution in [0.5, 0.6) is 5.88 Å². The molecule has 2 aromatic heterocycles. The number of nitrogens with one attached hydrogen (secondary N) is 1. The Labute approximate surface area is 200 Å². The van der Waals surface area contributed by atoms with Gasteiger partial charge in [0.1, 0.15) is 0 Å². The van der Waals surface area contributed by atoms with Crippen molar-refractivity contribution >= 4 is 49.8 Å². The molecule has 1 aliphatic heterocycles. The van der Waals surface area contributed by atoms with E-state index >= 15 is 0 Å². The summed E-state index contributed by atoms with van der Waals surface area (Å²) >= 11 is 4.85. The van der Waals surface area contributed by atoms with Gasteiger partial charge in [0.2, 0.25) is 5.88 Å². The fourth-order valence-electron chi connectivity index (χ4n) is 6.24. The molecule has 3 heterocycles. The second-order valence-corrected chi connectivity index (χ2v) is 12.4. The standard InChI is InChI=1S/C24H27BrN4O2S/c1-23(2)10-16-11-24(3,12-23)13-28(16)14-29-18-7-6-15(25)9-17(18)20(22(29)31)26-27-21(30)19-5-4-8-32-19/h4-9,16,31H,10-14H2,1-3H3/p+1/t16-,24-/m1/s1. The third-order valence-electron chi connectivity index (χ3n) is 6.98. The third kappa shape index (κ3) is 3.93. The summed E-state index contributed by atoms with van der Waals surface area (Å²) in [5, 5.41) is 21.9. The van der Waals surface area contributed by atoms with Gasteiger partial charge in [-0.3, -0.25) is 9.36 Å². The van der Waals surface area contributed by atoms with Crippen molar-refractivity contribution in [1.29, 1.82) is 0 Å². The Kier molecular flexibility index (Phi) is 5.30. The maximum atomic E-state index is 12.3. The molecule has 0 spiro atoms. The molecule has 32 heavy (non-hydrogen) atoms. The van der Waals surface area contributed by atoms with E-state index in [4.69, 9.17) is 0 Å². The van der Waals surface area contributed by atoms with Crippen LogP contribution >= 0.6 is 27.3 Å². The summed E-state index contributed by atoms with van der Waals surface area (Å²) < 4.78 is 2.83. The number of azo groups is 1. The Morgan fingerprint density at radius 3 is 2.88 bits per heavy atom. The molecule has 2 fully saturated rings. The number of hydrogen-bond acceptors (Lipinski definition) is 4. The Hall–Kier alpha value is -2.03. The van der Waals surface area contributed by atoms with Crippen LogP contribution in [0.15, 0.2) is 50.4 Å². The van der Waals surface area contributed by atoms with Crippen LogP contribution in [0.4, 0.5) is 5.69 Å². The number of carbonyl (C=O) groups is 1. The molecular formula is C24H28BrN4O2S+. The van der Waals surface area contributed by atoms with Crippen LogP contribution in [0.3, 0.4) is 0 Å². The highest BCUT2D eigenvalue weighted by Gasteiger charge is 2.52. The lowest BCUT2D eigenvalue weighted by atomic mass is 9.65. The number of nitrogens with zero attached hydrogens (tertiary/aromatic N) is 3. The number of halogens is 1. The number of hydrogen-bond donors (Lipinski definition) is 2. The van der Waals surface area contributed by atoms with E-state index in [1.807, 2.05) is 34.2 Å². The lowest BCUT2D eigenvalue weighted by Crippen LogP contribution is -3.13. The average molecular weight is 516 g/mol. The van der Waals surface area contributed by atoms with Crippen LogP contribution in [0.1, 0.15) is 49.7 Å². The number of carbonyl (C=O) groups excluding carboxylic acids is 1. The predicted molar refractivity (Wildman–Crippen MR) is 130 cm³/mol. The largest absolute Gasteiger partial charge is 0.493 e. The molecule has 1 saturated carbocycles. The second-order valence-electron chi connectivity index (χ2n) is 10.5. The van der Waals surface area contributed by atoms with E-state index in [0.717, 1.165) is 21.9 Å². The first-order valence-electron chi connectivity index (χ1n) is 11.0. The monoisotopic (exact) mass is 515 g/mol. The smallest absolute Gasteiger partial charge is 0.305 e. The van der Waals surface area contributed by atoms with Gasteiger partial charge in [0.15, 0.2) is 12.4 Å². The first-order valence-corrected chi connectivity index (χ1v) is 12.7. The van der Waals surface area contributed by atoms with Crippen molar-refractivity contribution in [2.45, 2.75) is 52.7 Å². The molecule has 5 rings (SSSR count). The predicted octanol–water partition coefficient (Wildman–Crippen LogP) is 5.54. The van der Waals surface area contributed by atoms with Gasteiger partial charge in [-0.2, -0.15) is 0 Å². The maximum absolute atomic E-state index is 12.3. The van der Waals surface area contributed by atoms with E-state index in [2.05, 4.69) is 46.9 Å². The molecule has 2 aliphatic rings. The number of quaternary nitrogens is 1. The summed E-state index contributed by atoms with van der Waals surface area (Å²) in [4.78, 5) is 14.4. The summed E-state index contributed by atoms with van der Waals surface area (Å²) in [6, 6.07) is 10.0. The van der Waals surface area contributed by atoms with Crippen LogP contribution in [0.2, 0.25) is 0 Å². The van der Waals surface area contributed by atoms with Crippen LogP contribution in [0, 0.1) is 10.8 Å². The molecular weight excluding hydrogens is 488 g/mol. The summed E-state index contributed by atoms with van der Waals surface area (Å²) in [6.07, 6.45) is 3.68. The first kappa shape index (κ1) is 21.8. The van der Waals surface area contributed by atoms with Crippen LogP contribution in [-0.2, 0) is 6.67 Å². The van der Waals surface area contributed by atoms with Crippen LogP contribution in [-0.4, -0.2) is 28.2 Å². The normalized spacial score (nSPS) is 26.9. The summed E-state index contributed by atoms with van der Waals surface area (Å²) in [7, 11) is 0. The van der Waals surface area contributed by atoms with E-state index in [9.17, 15) is 9.90 Å². The van der Waals surface area contributed by atoms with Gasteiger partial charge in [-0.05, 0) is 41.5 Å². The molecule has 168 valence electrons. The lowest BCUT2D eigenvalue weighted by Gasteiger charge is -2.37. The Morgan fingerprint density at radius 1 is 1.31 bits per heavy atom. The minimum atomic E-state index is -0.399. The summed E-state index contributed by atoms with van der Waals surface area (Å²) in [5.41, 5.74) is 1.95. The van der Waals surface area contributed by atoms with E-state index in [-0.39, 0.29) is 5.88 Å². The number of aromatic nitrogens is 1. The quantitative estimate of drug-likeness (QED) is 0.448. The van der Waals surface area contributed by atoms with Crippen molar-refractivity contribution in [3.05, 3.63) is 45.1 Å². The van der Waals surface area contributed by atoms with Crippen LogP contribution in [0.25, 0.3) is 10.9 Å². The highest BCUT2D eigenvalue weighted by Crippen LogP contribution is 2.47. The van der Waals surface area contributed by atoms with Gasteiger partial charge in [0, 0.05) is 28.1 Å². The fraction of sp³-hybridized carbons (Fsp3) is 0.458. The molecule has 1 amide bonds. The number of thiophene rings is 1. The Balaban J connectivity index is 1.50. The zero-order valence-electron chi connectivity index (χ0n) is 18.6. The Morgan fingerprint density at radius 2 is 2.12 bits per heavy atom. The number of amides is 1. The fourth-order valence-corrected chi connectivity index (χ4v) is 7.20. The van der Waals surface area contributed by atoms with E-state index < -0.39 is 5.91 Å². The molecule has 1 aromatic carbocycles. The van der Waals surface area contributed by atoms with Gasteiger partial charge in [-0.1, -0.05) is 42.8 Å². The van der Waals surface area contributed by atoms with Crippen molar-refractivity contribution in [3.8, 4) is 5.88 Å². The molecule has 3 atom stereocenters. The molecule has 0 radical (unpaired) electrons. The number of aromatic hydroxyl groups is 1. The topological polar surface area (TPSA) is 71.4 Å². The van der Waals surface area contributed by atoms with Crippen LogP contribution < -0.4 is 4.90 Å². The summed E-state index contributed by atoms with van der Waals surface area (Å²) in [5.74, 6) is -0.330. The van der Waals surface area contributed by atoms with Gasteiger partial charge < -0.3 is 10.0 Å². The van der Waals surface area contributed by atoms with Gasteiger partial charge in [-0.25, -0.2) is 0 Å². The molecule has 1 aliphatic carbocycles. The van der Waals surface area contributed by atoms with Gasteiger partial charge in [0.05, 0.1) is 23.0 Å². The Bertz CT molecular complexity index is 1220. The zero-order valence-corrected chi connectivity index (χ0v) is 21.0. The minimum absolute atomic E-state index is 0.0687. The molecule has 1 unspecified atom stereocenters. The van der Waals surface area contributed by atoms with Crippen molar-refractivity contribution < 1.29 is 14.8 Å². The maximum Gasteiger partial charge on any atom is 0.305 e. The highest BCUT2D eigenvalue weighted by molar-refractivity contribution is 9.10. The second kappa shape index (κ2) is 7.78. The molecule has 6 nitrogen and oxygen atoms in total. The molecule has 3 aromatic rings. The molecule has 2 bridgehead atoms. The van der Waals surface area contributed by atoms with Crippen molar-refractivity contribution in [3.63, 3.8) is 0 Å². The van der Waals surface area contributed by atoms with Crippen molar-refractivity contribution in [1.82, 2.24) is 4.57 Å². The van der Waals surface area contributed by atoms with Crippen molar-refractivity contribution in [2.75, 3.05) is 6.54 Å². The molecule has 2 N–H and O–H groups in total. The highest BCUT2D eigenvalue weighted by atomic mass is 79.9. The molecule has 8 heteroatoms. The lowest BCUT2D eigenvalue weighted by molar-refractivity contribution is -0.936. The zero-order chi connectivity index (χ0) is 22.7. The molecule has 1 saturated heterocycles. The third-order valence-corrected chi connectivity index (χ3v) is 8.33. The number of rotatable bonds is 4. The average Bonchev–Trinajstić information content (AvgIpc) is 3.37. The van der Waals surface area contributed by atoms with Gasteiger partial charge in [0.25, 0.3) is 0 Å². The van der Waals surface area contributed by atoms with E-state index in [0.29, 0.717) is 34.1 Å².